The number of hydrogen-bond donors (Lipinski definition) is 1. The number of rotatable bonds is 0. The molecule has 4 nitrogen and oxygen atoms in total. The van der Waals surface area contributed by atoms with Gasteiger partial charge in [0.25, 0.3) is 0 Å². The molecule has 1 aromatic rings. The van der Waals surface area contributed by atoms with Gasteiger partial charge in [0.2, 0.25) is 0 Å². The summed E-state index contributed by atoms with van der Waals surface area (Å²) in [6.07, 6.45) is 0. The lowest BCUT2D eigenvalue weighted by atomic mass is 10.1. The predicted octanol–water partition coefficient (Wildman–Crippen LogP) is 0.969. The highest BCUT2D eigenvalue weighted by Crippen LogP contribution is 2.13. The van der Waals surface area contributed by atoms with Crippen molar-refractivity contribution in [3.05, 3.63) is 16.8 Å². The van der Waals surface area contributed by atoms with E-state index in [1.165, 1.54) is 0 Å². The summed E-state index contributed by atoms with van der Waals surface area (Å²) in [6.45, 7) is 3.60. The molecule has 1 aromatic heterocycles. The molecular formula is C7H9ClN4. The lowest BCUT2D eigenvalue weighted by molar-refractivity contribution is 0.964. The summed E-state index contributed by atoms with van der Waals surface area (Å²) >= 11 is 0. The van der Waals surface area contributed by atoms with E-state index in [4.69, 9.17) is 11.0 Å². The molecule has 0 unspecified atom stereocenters. The van der Waals surface area contributed by atoms with Crippen molar-refractivity contribution in [2.24, 2.45) is 0 Å². The molecule has 12 heavy (non-hydrogen) atoms. The van der Waals surface area contributed by atoms with Gasteiger partial charge < -0.3 is 5.73 Å². The van der Waals surface area contributed by atoms with Gasteiger partial charge in [-0.3, -0.25) is 0 Å². The van der Waals surface area contributed by atoms with E-state index in [0.717, 1.165) is 11.3 Å². The standard InChI is InChI=1S/C7H8N4.ClH/c1-4-5(2)10-11-7(9)6(4)3-8;/h1-2H3,(H2,9,11);1H. The van der Waals surface area contributed by atoms with Gasteiger partial charge in [-0.25, -0.2) is 0 Å². The number of aryl methyl sites for hydroxylation is 1. The minimum atomic E-state index is 0. The van der Waals surface area contributed by atoms with Gasteiger partial charge in [0, 0.05) is 0 Å². The van der Waals surface area contributed by atoms with Gasteiger partial charge in [-0.15, -0.1) is 17.5 Å². The zero-order chi connectivity index (χ0) is 8.43. The van der Waals surface area contributed by atoms with Crippen molar-refractivity contribution in [2.75, 3.05) is 5.73 Å². The maximum atomic E-state index is 8.63. The average Bonchev–Trinajstić information content (AvgIpc) is 1.99. The van der Waals surface area contributed by atoms with Crippen molar-refractivity contribution in [1.29, 1.82) is 5.26 Å². The van der Waals surface area contributed by atoms with Crippen LogP contribution in [-0.4, -0.2) is 10.2 Å². The normalized spacial score (nSPS) is 8.42. The third-order valence-electron chi connectivity index (χ3n) is 1.59. The number of nitriles is 1. The molecule has 0 aliphatic carbocycles. The van der Waals surface area contributed by atoms with E-state index < -0.39 is 0 Å². The summed E-state index contributed by atoms with van der Waals surface area (Å²) in [7, 11) is 0. The number of aromatic nitrogens is 2. The predicted molar refractivity (Wildman–Crippen MR) is 47.9 cm³/mol. The molecule has 0 aliphatic heterocycles. The highest BCUT2D eigenvalue weighted by atomic mass is 35.5. The lowest BCUT2D eigenvalue weighted by Crippen LogP contribution is -2.02. The smallest absolute Gasteiger partial charge is 0.164 e. The highest BCUT2D eigenvalue weighted by Gasteiger charge is 2.06. The van der Waals surface area contributed by atoms with Crippen molar-refractivity contribution >= 4 is 18.2 Å². The van der Waals surface area contributed by atoms with Gasteiger partial charge in [-0.05, 0) is 19.4 Å². The van der Waals surface area contributed by atoms with Crippen LogP contribution in [0.2, 0.25) is 0 Å². The van der Waals surface area contributed by atoms with Crippen LogP contribution < -0.4 is 5.73 Å². The van der Waals surface area contributed by atoms with Crippen molar-refractivity contribution < 1.29 is 0 Å². The summed E-state index contributed by atoms with van der Waals surface area (Å²) < 4.78 is 0. The molecule has 0 aliphatic rings. The maximum absolute atomic E-state index is 8.63. The van der Waals surface area contributed by atoms with Crippen LogP contribution in [-0.2, 0) is 0 Å². The molecule has 0 radical (unpaired) electrons. The second-order valence-electron chi connectivity index (χ2n) is 2.28. The van der Waals surface area contributed by atoms with Crippen LogP contribution in [0.1, 0.15) is 16.8 Å². The van der Waals surface area contributed by atoms with Crippen molar-refractivity contribution in [1.82, 2.24) is 10.2 Å². The molecule has 0 amide bonds. The summed E-state index contributed by atoms with van der Waals surface area (Å²) in [6, 6.07) is 1.98. The summed E-state index contributed by atoms with van der Waals surface area (Å²) in [4.78, 5) is 0. The van der Waals surface area contributed by atoms with E-state index in [0.29, 0.717) is 5.56 Å². The van der Waals surface area contributed by atoms with E-state index in [1.54, 1.807) is 13.8 Å². The lowest BCUT2D eigenvalue weighted by Gasteiger charge is -2.00. The number of nitrogen functional groups attached to an aromatic ring is 1. The monoisotopic (exact) mass is 184 g/mol. The minimum absolute atomic E-state index is 0. The minimum Gasteiger partial charge on any atom is -0.381 e. The van der Waals surface area contributed by atoms with E-state index in [2.05, 4.69) is 10.2 Å². The van der Waals surface area contributed by atoms with Gasteiger partial charge in [0.1, 0.15) is 11.6 Å². The summed E-state index contributed by atoms with van der Waals surface area (Å²) in [5, 5.41) is 16.0. The van der Waals surface area contributed by atoms with Gasteiger partial charge in [-0.2, -0.15) is 10.4 Å². The fourth-order valence-corrected chi connectivity index (χ4v) is 0.768. The number of nitrogens with zero attached hydrogens (tertiary/aromatic N) is 3. The number of halogens is 1. The zero-order valence-electron chi connectivity index (χ0n) is 6.83. The molecule has 1 heterocycles. The third-order valence-corrected chi connectivity index (χ3v) is 1.59. The molecular weight excluding hydrogens is 176 g/mol. The maximum Gasteiger partial charge on any atom is 0.164 e. The molecule has 0 saturated carbocycles. The topological polar surface area (TPSA) is 75.6 Å². The first kappa shape index (κ1) is 10.7. The third kappa shape index (κ3) is 1.63. The Hall–Kier alpha value is -1.34. The van der Waals surface area contributed by atoms with Crippen LogP contribution in [0.25, 0.3) is 0 Å². The van der Waals surface area contributed by atoms with E-state index in [9.17, 15) is 0 Å². The number of nitrogens with two attached hydrogens (primary N) is 1. The molecule has 5 heteroatoms. The Morgan fingerprint density at radius 2 is 1.92 bits per heavy atom. The van der Waals surface area contributed by atoms with Gasteiger partial charge in [-0.1, -0.05) is 0 Å². The second kappa shape index (κ2) is 3.88. The largest absolute Gasteiger partial charge is 0.381 e. The van der Waals surface area contributed by atoms with Crippen LogP contribution in [0, 0.1) is 25.2 Å². The van der Waals surface area contributed by atoms with Crippen LogP contribution in [0.5, 0.6) is 0 Å². The Morgan fingerprint density at radius 3 is 2.33 bits per heavy atom. The van der Waals surface area contributed by atoms with Crippen molar-refractivity contribution in [3.63, 3.8) is 0 Å². The van der Waals surface area contributed by atoms with E-state index in [-0.39, 0.29) is 18.2 Å². The van der Waals surface area contributed by atoms with Gasteiger partial charge in [0.15, 0.2) is 5.82 Å². The second-order valence-corrected chi connectivity index (χ2v) is 2.28. The first-order valence-corrected chi connectivity index (χ1v) is 3.16. The SMILES string of the molecule is Cc1nnc(N)c(C#N)c1C.Cl. The first-order chi connectivity index (χ1) is 5.16. The van der Waals surface area contributed by atoms with Crippen LogP contribution >= 0.6 is 12.4 Å². The Labute approximate surface area is 76.8 Å². The molecule has 0 bridgehead atoms. The Kier molecular flexibility index (Phi) is 3.45. The molecule has 0 spiro atoms. The van der Waals surface area contributed by atoms with E-state index >= 15 is 0 Å². The van der Waals surface area contributed by atoms with Crippen LogP contribution in [0.15, 0.2) is 0 Å². The Balaban J connectivity index is 0.00000121. The zero-order valence-corrected chi connectivity index (χ0v) is 7.64. The van der Waals surface area contributed by atoms with Crippen LogP contribution in [0.3, 0.4) is 0 Å². The summed E-state index contributed by atoms with van der Waals surface area (Å²) in [5.74, 6) is 0.204. The van der Waals surface area contributed by atoms with Gasteiger partial charge >= 0.3 is 0 Å². The number of anilines is 1. The first-order valence-electron chi connectivity index (χ1n) is 3.16. The molecule has 0 saturated heterocycles. The average molecular weight is 185 g/mol. The van der Waals surface area contributed by atoms with Crippen molar-refractivity contribution in [3.8, 4) is 6.07 Å². The van der Waals surface area contributed by atoms with Crippen molar-refractivity contribution in [2.45, 2.75) is 13.8 Å². The van der Waals surface area contributed by atoms with Gasteiger partial charge in [0.05, 0.1) is 5.69 Å². The molecule has 0 atom stereocenters. The molecule has 0 fully saturated rings. The molecule has 0 aromatic carbocycles. The summed E-state index contributed by atoms with van der Waals surface area (Å²) in [5.41, 5.74) is 7.38. The fourth-order valence-electron chi connectivity index (χ4n) is 0.768. The Morgan fingerprint density at radius 1 is 1.33 bits per heavy atom. The van der Waals surface area contributed by atoms with Crippen LogP contribution in [0.4, 0.5) is 5.82 Å². The molecule has 1 rings (SSSR count). The highest BCUT2D eigenvalue weighted by molar-refractivity contribution is 5.85. The fraction of sp³-hybridized carbons (Fsp3) is 0.286. The number of hydrogen-bond acceptors (Lipinski definition) is 4. The quantitative estimate of drug-likeness (QED) is 0.652. The molecule has 2 N–H and O–H groups in total. The molecule has 64 valence electrons. The Bertz CT molecular complexity index is 329. The van der Waals surface area contributed by atoms with E-state index in [1.807, 2.05) is 6.07 Å².